The molecule has 1 aromatic heterocycles. The van der Waals surface area contributed by atoms with Gasteiger partial charge in [-0.3, -0.25) is 4.79 Å². The van der Waals surface area contributed by atoms with Gasteiger partial charge in [-0.25, -0.2) is 4.98 Å². The number of hydrogen-bond acceptors (Lipinski definition) is 3. The number of oxazole rings is 1. The Morgan fingerprint density at radius 2 is 2.10 bits per heavy atom. The van der Waals surface area contributed by atoms with Gasteiger partial charge in [0.2, 0.25) is 0 Å². The van der Waals surface area contributed by atoms with Crippen molar-refractivity contribution in [3.05, 3.63) is 41.5 Å². The molecule has 0 radical (unpaired) electrons. The summed E-state index contributed by atoms with van der Waals surface area (Å²) in [6, 6.07) is 4.70. The van der Waals surface area contributed by atoms with Crippen molar-refractivity contribution in [1.29, 1.82) is 0 Å². The number of alkyl halides is 3. The summed E-state index contributed by atoms with van der Waals surface area (Å²) in [7, 11) is 0. The van der Waals surface area contributed by atoms with E-state index in [1.165, 1.54) is 12.1 Å². The number of benzene rings is 1. The highest BCUT2D eigenvalue weighted by atomic mass is 19.4. The number of rotatable bonds is 4. The predicted octanol–water partition coefficient (Wildman–Crippen LogP) is 3.69. The Kier molecular flexibility index (Phi) is 4.02. The average molecular weight is 299 g/mol. The third-order valence-electron chi connectivity index (χ3n) is 2.83. The first-order chi connectivity index (χ1) is 9.77. The Hall–Kier alpha value is -2.31. The van der Waals surface area contributed by atoms with Crippen LogP contribution in [0, 0.1) is 6.92 Å². The van der Waals surface area contributed by atoms with E-state index in [1.54, 1.807) is 6.92 Å². The SMILES string of the molecule is Cc1nc(-c2cccc(C(F)(F)F)c2)c(CCC(=O)O)o1. The Labute approximate surface area is 118 Å². The summed E-state index contributed by atoms with van der Waals surface area (Å²) in [6.45, 7) is 1.56. The number of carboxylic acid groups (broad SMARTS) is 1. The topological polar surface area (TPSA) is 63.3 Å². The molecule has 0 aliphatic rings. The monoisotopic (exact) mass is 299 g/mol. The van der Waals surface area contributed by atoms with Crippen LogP contribution in [0.1, 0.15) is 23.6 Å². The van der Waals surface area contributed by atoms with Crippen LogP contribution >= 0.6 is 0 Å². The Morgan fingerprint density at radius 1 is 1.38 bits per heavy atom. The number of aliphatic carboxylic acids is 1. The van der Waals surface area contributed by atoms with Crippen LogP contribution < -0.4 is 0 Å². The fourth-order valence-corrected chi connectivity index (χ4v) is 1.93. The first-order valence-corrected chi connectivity index (χ1v) is 6.13. The van der Waals surface area contributed by atoms with Crippen molar-refractivity contribution in [2.45, 2.75) is 25.9 Å². The van der Waals surface area contributed by atoms with Gasteiger partial charge in [-0.15, -0.1) is 0 Å². The van der Waals surface area contributed by atoms with E-state index >= 15 is 0 Å². The van der Waals surface area contributed by atoms with Gasteiger partial charge in [0.15, 0.2) is 5.89 Å². The molecule has 0 fully saturated rings. The molecule has 0 unspecified atom stereocenters. The Bertz CT molecular complexity index is 662. The van der Waals surface area contributed by atoms with Crippen molar-refractivity contribution in [3.8, 4) is 11.3 Å². The van der Waals surface area contributed by atoms with Gasteiger partial charge in [-0.05, 0) is 12.1 Å². The number of nitrogens with zero attached hydrogens (tertiary/aromatic N) is 1. The number of aromatic nitrogens is 1. The van der Waals surface area contributed by atoms with Crippen LogP contribution in [-0.2, 0) is 17.4 Å². The van der Waals surface area contributed by atoms with E-state index in [0.29, 0.717) is 0 Å². The maximum atomic E-state index is 12.7. The van der Waals surface area contributed by atoms with Crippen molar-refractivity contribution in [2.75, 3.05) is 0 Å². The molecule has 0 spiro atoms. The highest BCUT2D eigenvalue weighted by Gasteiger charge is 2.31. The molecule has 0 amide bonds. The molecule has 0 aliphatic carbocycles. The molecule has 0 saturated carbocycles. The largest absolute Gasteiger partial charge is 0.481 e. The smallest absolute Gasteiger partial charge is 0.416 e. The summed E-state index contributed by atoms with van der Waals surface area (Å²) in [5.41, 5.74) is -0.285. The average Bonchev–Trinajstić information content (AvgIpc) is 2.77. The summed E-state index contributed by atoms with van der Waals surface area (Å²) in [5, 5.41) is 8.68. The van der Waals surface area contributed by atoms with Crippen molar-refractivity contribution < 1.29 is 27.5 Å². The molecule has 4 nitrogen and oxygen atoms in total. The predicted molar refractivity (Wildman–Crippen MR) is 67.6 cm³/mol. The summed E-state index contributed by atoms with van der Waals surface area (Å²) >= 11 is 0. The van der Waals surface area contributed by atoms with Gasteiger partial charge in [0, 0.05) is 18.9 Å². The van der Waals surface area contributed by atoms with Crippen LogP contribution in [0.15, 0.2) is 28.7 Å². The number of hydrogen-bond donors (Lipinski definition) is 1. The van der Waals surface area contributed by atoms with Gasteiger partial charge in [-0.2, -0.15) is 13.2 Å². The summed E-state index contributed by atoms with van der Waals surface area (Å²) in [4.78, 5) is 14.7. The van der Waals surface area contributed by atoms with E-state index < -0.39 is 17.7 Å². The van der Waals surface area contributed by atoms with E-state index in [-0.39, 0.29) is 35.7 Å². The lowest BCUT2D eigenvalue weighted by Crippen LogP contribution is -2.04. The highest BCUT2D eigenvalue weighted by Crippen LogP contribution is 2.33. The molecule has 0 aliphatic heterocycles. The normalized spacial score (nSPS) is 11.6. The number of carbonyl (C=O) groups is 1. The molecule has 112 valence electrons. The van der Waals surface area contributed by atoms with E-state index in [2.05, 4.69) is 4.98 Å². The third-order valence-corrected chi connectivity index (χ3v) is 2.83. The Balaban J connectivity index is 2.40. The number of carboxylic acids is 1. The van der Waals surface area contributed by atoms with Gasteiger partial charge in [-0.1, -0.05) is 12.1 Å². The second-order valence-electron chi connectivity index (χ2n) is 4.48. The molecule has 21 heavy (non-hydrogen) atoms. The van der Waals surface area contributed by atoms with Crippen molar-refractivity contribution in [2.24, 2.45) is 0 Å². The molecule has 2 rings (SSSR count). The lowest BCUT2D eigenvalue weighted by Gasteiger charge is -2.08. The van der Waals surface area contributed by atoms with Gasteiger partial charge >= 0.3 is 12.1 Å². The molecule has 1 aromatic carbocycles. The lowest BCUT2D eigenvalue weighted by molar-refractivity contribution is -0.138. The van der Waals surface area contributed by atoms with Crippen LogP contribution in [0.4, 0.5) is 13.2 Å². The number of aryl methyl sites for hydroxylation is 2. The fraction of sp³-hybridized carbons (Fsp3) is 0.286. The van der Waals surface area contributed by atoms with Crippen LogP contribution in [-0.4, -0.2) is 16.1 Å². The highest BCUT2D eigenvalue weighted by molar-refractivity contribution is 5.68. The van der Waals surface area contributed by atoms with Crippen LogP contribution in [0.3, 0.4) is 0 Å². The molecular weight excluding hydrogens is 287 g/mol. The second kappa shape index (κ2) is 5.59. The number of halogens is 3. The molecule has 1 N–H and O–H groups in total. The van der Waals surface area contributed by atoms with Crippen molar-refractivity contribution in [1.82, 2.24) is 4.98 Å². The molecular formula is C14H12F3NO3. The van der Waals surface area contributed by atoms with Crippen LogP contribution in [0.5, 0.6) is 0 Å². The maximum absolute atomic E-state index is 12.7. The van der Waals surface area contributed by atoms with Gasteiger partial charge in [0.05, 0.1) is 12.0 Å². The standard InChI is InChI=1S/C14H12F3NO3/c1-8-18-13(11(21-8)5-6-12(19)20)9-3-2-4-10(7-9)14(15,16)17/h2-4,7H,5-6H2,1H3,(H,19,20). The first-order valence-electron chi connectivity index (χ1n) is 6.13. The maximum Gasteiger partial charge on any atom is 0.416 e. The summed E-state index contributed by atoms with van der Waals surface area (Å²) in [6.07, 6.45) is -4.56. The quantitative estimate of drug-likeness (QED) is 0.935. The molecule has 0 atom stereocenters. The minimum Gasteiger partial charge on any atom is -0.481 e. The van der Waals surface area contributed by atoms with Gasteiger partial charge < -0.3 is 9.52 Å². The molecule has 0 bridgehead atoms. The van der Waals surface area contributed by atoms with E-state index in [1.807, 2.05) is 0 Å². The zero-order valence-electron chi connectivity index (χ0n) is 11.1. The van der Waals surface area contributed by atoms with Gasteiger partial charge in [0.25, 0.3) is 0 Å². The minimum atomic E-state index is -4.45. The second-order valence-corrected chi connectivity index (χ2v) is 4.48. The van der Waals surface area contributed by atoms with Gasteiger partial charge in [0.1, 0.15) is 11.5 Å². The molecule has 2 aromatic rings. The fourth-order valence-electron chi connectivity index (χ4n) is 1.93. The zero-order valence-corrected chi connectivity index (χ0v) is 11.1. The van der Waals surface area contributed by atoms with Crippen LogP contribution in [0.2, 0.25) is 0 Å². The molecule has 7 heteroatoms. The lowest BCUT2D eigenvalue weighted by atomic mass is 10.1. The molecule has 0 saturated heterocycles. The molecule has 1 heterocycles. The zero-order chi connectivity index (χ0) is 15.6. The van der Waals surface area contributed by atoms with Crippen molar-refractivity contribution in [3.63, 3.8) is 0 Å². The third kappa shape index (κ3) is 3.62. The van der Waals surface area contributed by atoms with Crippen LogP contribution in [0.25, 0.3) is 11.3 Å². The van der Waals surface area contributed by atoms with Crippen molar-refractivity contribution >= 4 is 5.97 Å². The Morgan fingerprint density at radius 3 is 2.71 bits per heavy atom. The first kappa shape index (κ1) is 15.1. The summed E-state index contributed by atoms with van der Waals surface area (Å²) in [5.74, 6) is -0.462. The van der Waals surface area contributed by atoms with E-state index in [0.717, 1.165) is 12.1 Å². The van der Waals surface area contributed by atoms with E-state index in [9.17, 15) is 18.0 Å². The summed E-state index contributed by atoms with van der Waals surface area (Å²) < 4.78 is 43.5. The minimum absolute atomic E-state index is 0.0712. The van der Waals surface area contributed by atoms with E-state index in [4.69, 9.17) is 9.52 Å².